The lowest BCUT2D eigenvalue weighted by atomic mass is 9.80. The van der Waals surface area contributed by atoms with Crippen LogP contribution in [0.15, 0.2) is 78.9 Å². The molecule has 10 nitrogen and oxygen atoms in total. The molecule has 260 valence electrons. The molecule has 1 aliphatic rings. The van der Waals surface area contributed by atoms with Crippen LogP contribution in [-0.2, 0) is 33.6 Å². The van der Waals surface area contributed by atoms with Crippen molar-refractivity contribution in [3.63, 3.8) is 0 Å². The first-order chi connectivity index (χ1) is 23.3. The molecule has 0 aromatic heterocycles. The molecule has 0 N–H and O–H groups in total. The molecule has 0 amide bonds. The van der Waals surface area contributed by atoms with E-state index >= 15 is 0 Å². The molecule has 1 saturated heterocycles. The molecule has 1 fully saturated rings. The van der Waals surface area contributed by atoms with E-state index in [0.29, 0.717) is 0 Å². The van der Waals surface area contributed by atoms with E-state index in [-0.39, 0.29) is 45.1 Å². The van der Waals surface area contributed by atoms with Gasteiger partial charge in [0.15, 0.2) is 0 Å². The monoisotopic (exact) mass is 680 g/mol. The van der Waals surface area contributed by atoms with Gasteiger partial charge in [-0.1, -0.05) is 54.6 Å². The molecule has 3 aromatic rings. The number of hydrogen-bond donors (Lipinski definition) is 0. The zero-order valence-electron chi connectivity index (χ0n) is 29.0. The van der Waals surface area contributed by atoms with Gasteiger partial charge in [0.1, 0.15) is 42.2 Å². The first-order valence-corrected chi connectivity index (χ1v) is 17.4. The summed E-state index contributed by atoms with van der Waals surface area (Å²) >= 11 is 0. The summed E-state index contributed by atoms with van der Waals surface area (Å²) in [4.78, 5) is 0. The molecule has 0 spiro atoms. The number of nitrogens with zero attached hydrogens (tertiary/aromatic N) is 2. The highest BCUT2D eigenvalue weighted by molar-refractivity contribution is 7.44. The second-order valence-corrected chi connectivity index (χ2v) is 13.3. The van der Waals surface area contributed by atoms with Crippen LogP contribution in [0.3, 0.4) is 0 Å². The second-order valence-electron chi connectivity index (χ2n) is 11.9. The van der Waals surface area contributed by atoms with Crippen molar-refractivity contribution in [2.24, 2.45) is 0 Å². The van der Waals surface area contributed by atoms with Crippen molar-refractivity contribution in [1.29, 1.82) is 5.26 Å². The first-order valence-electron chi connectivity index (χ1n) is 16.2. The SMILES string of the molecule is COCOC1COC(COC(c2ccccc2)(c2ccc(OC)cc2)c2ccc(OC)cc2)C1OP(OCCC#N)N(C(C)C)C(C)C. The summed E-state index contributed by atoms with van der Waals surface area (Å²) in [6.07, 6.45) is -1.24. The summed E-state index contributed by atoms with van der Waals surface area (Å²) in [7, 11) is 3.31. The van der Waals surface area contributed by atoms with Gasteiger partial charge in [-0.15, -0.1) is 0 Å². The van der Waals surface area contributed by atoms with E-state index < -0.39 is 32.4 Å². The van der Waals surface area contributed by atoms with Crippen LogP contribution in [0.25, 0.3) is 0 Å². The van der Waals surface area contributed by atoms with E-state index in [2.05, 4.69) is 50.6 Å². The quantitative estimate of drug-likeness (QED) is 0.0566. The van der Waals surface area contributed by atoms with Crippen LogP contribution in [0, 0.1) is 11.3 Å². The summed E-state index contributed by atoms with van der Waals surface area (Å²) in [5.74, 6) is 1.48. The van der Waals surface area contributed by atoms with E-state index in [1.165, 1.54) is 0 Å². The predicted octanol–water partition coefficient (Wildman–Crippen LogP) is 7.06. The zero-order valence-corrected chi connectivity index (χ0v) is 29.9. The molecule has 3 aromatic carbocycles. The van der Waals surface area contributed by atoms with Crippen LogP contribution >= 0.6 is 8.53 Å². The summed E-state index contributed by atoms with van der Waals surface area (Å²) in [5.41, 5.74) is 1.73. The van der Waals surface area contributed by atoms with E-state index in [1.54, 1.807) is 21.3 Å². The molecule has 4 rings (SSSR count). The first kappa shape index (κ1) is 37.7. The van der Waals surface area contributed by atoms with Gasteiger partial charge in [0, 0.05) is 19.2 Å². The maximum atomic E-state index is 9.23. The minimum Gasteiger partial charge on any atom is -0.497 e. The van der Waals surface area contributed by atoms with Crippen LogP contribution in [0.1, 0.15) is 50.8 Å². The number of rotatable bonds is 19. The van der Waals surface area contributed by atoms with Crippen molar-refractivity contribution in [2.45, 2.75) is 70.1 Å². The standard InChI is InChI=1S/C37H49N2O8P/c1-27(2)39(28(3)4)48(46-23-11-22-38)47-36-34(44-26-40-5)24-43-35(36)25-45-37(29-12-9-8-10-13-29,30-14-18-32(41-6)19-15-30)31-16-20-33(42-7)21-17-31/h8-10,12-21,27-28,34-36H,11,23-26H2,1-7H3. The van der Waals surface area contributed by atoms with Gasteiger partial charge in [-0.25, -0.2) is 4.67 Å². The van der Waals surface area contributed by atoms with E-state index in [4.69, 9.17) is 37.5 Å². The molecular weight excluding hydrogens is 631 g/mol. The van der Waals surface area contributed by atoms with Crippen molar-refractivity contribution in [3.8, 4) is 17.6 Å². The van der Waals surface area contributed by atoms with Crippen LogP contribution in [0.2, 0.25) is 0 Å². The molecule has 0 aliphatic carbocycles. The molecular formula is C37H49N2O8P. The van der Waals surface area contributed by atoms with E-state index in [1.807, 2.05) is 66.7 Å². The fourth-order valence-corrected chi connectivity index (χ4v) is 7.69. The van der Waals surface area contributed by atoms with Crippen molar-refractivity contribution in [3.05, 3.63) is 95.6 Å². The summed E-state index contributed by atoms with van der Waals surface area (Å²) in [6.45, 7) is 9.21. The van der Waals surface area contributed by atoms with Gasteiger partial charge in [0.2, 0.25) is 0 Å². The molecule has 1 aliphatic heterocycles. The van der Waals surface area contributed by atoms with Crippen LogP contribution in [0.4, 0.5) is 0 Å². The van der Waals surface area contributed by atoms with Gasteiger partial charge >= 0.3 is 0 Å². The molecule has 11 heteroatoms. The fraction of sp³-hybridized carbons (Fsp3) is 0.486. The Balaban J connectivity index is 1.76. The van der Waals surface area contributed by atoms with E-state index in [9.17, 15) is 5.26 Å². The van der Waals surface area contributed by atoms with Gasteiger partial charge in [-0.3, -0.25) is 0 Å². The van der Waals surface area contributed by atoms with Gasteiger partial charge in [-0.05, 0) is 68.7 Å². The number of hydrogen-bond acceptors (Lipinski definition) is 10. The summed E-state index contributed by atoms with van der Waals surface area (Å²) in [5, 5.41) is 9.23. The van der Waals surface area contributed by atoms with Gasteiger partial charge < -0.3 is 37.5 Å². The average Bonchev–Trinajstić information content (AvgIpc) is 3.48. The Labute approximate surface area is 286 Å². The third-order valence-electron chi connectivity index (χ3n) is 8.12. The lowest BCUT2D eigenvalue weighted by molar-refractivity contribution is -0.101. The minimum absolute atomic E-state index is 0.0818. The van der Waals surface area contributed by atoms with Crippen LogP contribution in [0.5, 0.6) is 11.5 Å². The summed E-state index contributed by atoms with van der Waals surface area (Å²) < 4.78 is 51.2. The van der Waals surface area contributed by atoms with Crippen molar-refractivity contribution in [1.82, 2.24) is 4.67 Å². The molecule has 0 bridgehead atoms. The number of methoxy groups -OCH3 is 3. The zero-order chi connectivity index (χ0) is 34.5. The summed E-state index contributed by atoms with van der Waals surface area (Å²) in [6, 6.07) is 28.4. The van der Waals surface area contributed by atoms with Crippen LogP contribution in [-0.4, -0.2) is 83.0 Å². The fourth-order valence-electron chi connectivity index (χ4n) is 5.90. The predicted molar refractivity (Wildman–Crippen MR) is 185 cm³/mol. The Kier molecular flexibility index (Phi) is 14.6. The number of benzene rings is 3. The third-order valence-corrected chi connectivity index (χ3v) is 10.2. The molecule has 1 heterocycles. The van der Waals surface area contributed by atoms with Gasteiger partial charge in [0.05, 0.1) is 46.5 Å². The Morgan fingerprint density at radius 2 is 1.42 bits per heavy atom. The highest BCUT2D eigenvalue weighted by Gasteiger charge is 2.46. The molecule has 4 unspecified atom stereocenters. The Hall–Kier alpha value is -3.10. The van der Waals surface area contributed by atoms with Gasteiger partial charge in [-0.2, -0.15) is 5.26 Å². The average molecular weight is 681 g/mol. The Bertz CT molecular complexity index is 1350. The molecule has 0 saturated carbocycles. The Morgan fingerprint density at radius 3 is 1.92 bits per heavy atom. The topological polar surface area (TPSA) is 101 Å². The van der Waals surface area contributed by atoms with Crippen molar-refractivity contribution >= 4 is 8.53 Å². The van der Waals surface area contributed by atoms with E-state index in [0.717, 1.165) is 28.2 Å². The second kappa shape index (κ2) is 18.6. The van der Waals surface area contributed by atoms with Gasteiger partial charge in [0.25, 0.3) is 8.53 Å². The maximum Gasteiger partial charge on any atom is 0.259 e. The lowest BCUT2D eigenvalue weighted by Crippen LogP contribution is -2.42. The lowest BCUT2D eigenvalue weighted by Gasteiger charge is -2.39. The smallest absolute Gasteiger partial charge is 0.259 e. The van der Waals surface area contributed by atoms with Crippen LogP contribution < -0.4 is 9.47 Å². The largest absolute Gasteiger partial charge is 0.497 e. The number of nitriles is 1. The molecule has 0 radical (unpaired) electrons. The molecule has 48 heavy (non-hydrogen) atoms. The minimum atomic E-state index is -1.58. The third kappa shape index (κ3) is 9.12. The number of ether oxygens (including phenoxy) is 6. The Morgan fingerprint density at radius 1 is 0.854 bits per heavy atom. The highest BCUT2D eigenvalue weighted by Crippen LogP contribution is 2.49. The van der Waals surface area contributed by atoms with Crippen molar-refractivity contribution in [2.75, 3.05) is 47.9 Å². The highest BCUT2D eigenvalue weighted by atomic mass is 31.2. The maximum absolute atomic E-state index is 9.23. The molecule has 4 atom stereocenters. The van der Waals surface area contributed by atoms with Crippen molar-refractivity contribution < 1.29 is 37.5 Å². The normalized spacial score (nSPS) is 18.7.